The molecule has 13 heavy (non-hydrogen) atoms. The second-order valence-corrected chi connectivity index (χ2v) is 3.75. The fourth-order valence-corrected chi connectivity index (χ4v) is 1.62. The number of benzene rings is 1. The number of halogens is 1. The summed E-state index contributed by atoms with van der Waals surface area (Å²) in [4.78, 5) is 0. The SMILES string of the molecule is CCc1ccc(C(C)CN)cc1Cl. The van der Waals surface area contributed by atoms with Gasteiger partial charge in [0, 0.05) is 5.02 Å². The van der Waals surface area contributed by atoms with Crippen molar-refractivity contribution in [1.29, 1.82) is 0 Å². The Bertz CT molecular complexity index is 283. The molecule has 0 bridgehead atoms. The second kappa shape index (κ2) is 4.64. The molecule has 1 nitrogen and oxygen atoms in total. The molecule has 1 aromatic rings. The second-order valence-electron chi connectivity index (χ2n) is 3.34. The Morgan fingerprint density at radius 2 is 2.15 bits per heavy atom. The molecule has 0 saturated heterocycles. The van der Waals surface area contributed by atoms with Crippen molar-refractivity contribution in [2.45, 2.75) is 26.2 Å². The van der Waals surface area contributed by atoms with E-state index >= 15 is 0 Å². The van der Waals surface area contributed by atoms with E-state index in [9.17, 15) is 0 Å². The fourth-order valence-electron chi connectivity index (χ4n) is 1.29. The smallest absolute Gasteiger partial charge is 0.0440 e. The molecule has 1 unspecified atom stereocenters. The maximum atomic E-state index is 6.09. The normalized spacial score (nSPS) is 12.9. The van der Waals surface area contributed by atoms with E-state index in [1.54, 1.807) is 0 Å². The summed E-state index contributed by atoms with van der Waals surface area (Å²) >= 11 is 6.09. The van der Waals surface area contributed by atoms with Gasteiger partial charge >= 0.3 is 0 Å². The maximum absolute atomic E-state index is 6.09. The van der Waals surface area contributed by atoms with Crippen molar-refractivity contribution < 1.29 is 0 Å². The van der Waals surface area contributed by atoms with Crippen LogP contribution in [-0.4, -0.2) is 6.54 Å². The molecule has 0 heterocycles. The van der Waals surface area contributed by atoms with E-state index in [1.165, 1.54) is 11.1 Å². The first-order valence-electron chi connectivity index (χ1n) is 4.67. The minimum absolute atomic E-state index is 0.392. The molecular weight excluding hydrogens is 182 g/mol. The highest BCUT2D eigenvalue weighted by Gasteiger charge is 2.05. The van der Waals surface area contributed by atoms with Crippen molar-refractivity contribution in [3.05, 3.63) is 34.3 Å². The minimum Gasteiger partial charge on any atom is -0.330 e. The zero-order valence-corrected chi connectivity index (χ0v) is 8.93. The van der Waals surface area contributed by atoms with Gasteiger partial charge < -0.3 is 5.73 Å². The zero-order chi connectivity index (χ0) is 9.84. The number of rotatable bonds is 3. The Morgan fingerprint density at radius 3 is 2.62 bits per heavy atom. The van der Waals surface area contributed by atoms with E-state index in [0.29, 0.717) is 12.5 Å². The van der Waals surface area contributed by atoms with Gasteiger partial charge in [0.1, 0.15) is 0 Å². The van der Waals surface area contributed by atoms with Crippen molar-refractivity contribution in [3.8, 4) is 0 Å². The van der Waals surface area contributed by atoms with E-state index in [2.05, 4.69) is 26.0 Å². The van der Waals surface area contributed by atoms with Crippen LogP contribution >= 0.6 is 11.6 Å². The molecule has 0 aliphatic rings. The van der Waals surface area contributed by atoms with Crippen LogP contribution < -0.4 is 5.73 Å². The van der Waals surface area contributed by atoms with Crippen LogP contribution in [0.5, 0.6) is 0 Å². The van der Waals surface area contributed by atoms with Gasteiger partial charge in [-0.1, -0.05) is 37.6 Å². The Balaban J connectivity index is 2.95. The fraction of sp³-hybridized carbons (Fsp3) is 0.455. The molecule has 0 radical (unpaired) electrons. The van der Waals surface area contributed by atoms with Crippen LogP contribution in [0.2, 0.25) is 5.02 Å². The Kier molecular flexibility index (Phi) is 3.76. The van der Waals surface area contributed by atoms with Gasteiger partial charge in [-0.25, -0.2) is 0 Å². The van der Waals surface area contributed by atoms with Crippen molar-refractivity contribution in [3.63, 3.8) is 0 Å². The van der Waals surface area contributed by atoms with E-state index in [0.717, 1.165) is 11.4 Å². The molecule has 0 aromatic heterocycles. The number of aryl methyl sites for hydroxylation is 1. The van der Waals surface area contributed by atoms with Crippen LogP contribution in [0.25, 0.3) is 0 Å². The zero-order valence-electron chi connectivity index (χ0n) is 8.18. The molecule has 0 fully saturated rings. The summed E-state index contributed by atoms with van der Waals surface area (Å²) in [6.07, 6.45) is 0.982. The van der Waals surface area contributed by atoms with Crippen LogP contribution in [0.4, 0.5) is 0 Å². The summed E-state index contributed by atoms with van der Waals surface area (Å²) < 4.78 is 0. The van der Waals surface area contributed by atoms with Crippen molar-refractivity contribution >= 4 is 11.6 Å². The van der Waals surface area contributed by atoms with Gasteiger partial charge in [0.25, 0.3) is 0 Å². The lowest BCUT2D eigenvalue weighted by molar-refractivity contribution is 0.773. The Labute approximate surface area is 84.9 Å². The average Bonchev–Trinajstić information content (AvgIpc) is 2.16. The van der Waals surface area contributed by atoms with E-state index in [1.807, 2.05) is 6.07 Å². The quantitative estimate of drug-likeness (QED) is 0.792. The number of hydrogen-bond acceptors (Lipinski definition) is 1. The summed E-state index contributed by atoms with van der Waals surface area (Å²) in [5, 5.41) is 0.861. The van der Waals surface area contributed by atoms with E-state index in [-0.39, 0.29) is 0 Å². The van der Waals surface area contributed by atoms with Gasteiger partial charge in [0.15, 0.2) is 0 Å². The third-order valence-electron chi connectivity index (χ3n) is 2.38. The Morgan fingerprint density at radius 1 is 1.46 bits per heavy atom. The molecule has 0 aliphatic carbocycles. The van der Waals surface area contributed by atoms with Gasteiger partial charge in [-0.15, -0.1) is 0 Å². The van der Waals surface area contributed by atoms with Crippen LogP contribution in [0.3, 0.4) is 0 Å². The third kappa shape index (κ3) is 2.45. The minimum atomic E-state index is 0.392. The van der Waals surface area contributed by atoms with Gasteiger partial charge in [-0.05, 0) is 36.1 Å². The van der Waals surface area contributed by atoms with Gasteiger partial charge in [0.05, 0.1) is 0 Å². The summed E-state index contributed by atoms with van der Waals surface area (Å²) in [6, 6.07) is 6.23. The van der Waals surface area contributed by atoms with Crippen LogP contribution in [0.1, 0.15) is 30.9 Å². The first kappa shape index (κ1) is 10.6. The molecule has 2 heteroatoms. The summed E-state index contributed by atoms with van der Waals surface area (Å²) in [6.45, 7) is 4.88. The van der Waals surface area contributed by atoms with Crippen LogP contribution in [0.15, 0.2) is 18.2 Å². The highest BCUT2D eigenvalue weighted by Crippen LogP contribution is 2.22. The number of nitrogens with two attached hydrogens (primary N) is 1. The van der Waals surface area contributed by atoms with Crippen molar-refractivity contribution in [1.82, 2.24) is 0 Å². The lowest BCUT2D eigenvalue weighted by atomic mass is 9.99. The standard InChI is InChI=1S/C11H16ClN/c1-3-9-4-5-10(6-11(9)12)8(2)7-13/h4-6,8H,3,7,13H2,1-2H3. The van der Waals surface area contributed by atoms with Crippen molar-refractivity contribution in [2.75, 3.05) is 6.54 Å². The average molecular weight is 198 g/mol. The molecule has 0 saturated carbocycles. The molecule has 1 aromatic carbocycles. The third-order valence-corrected chi connectivity index (χ3v) is 2.73. The summed E-state index contributed by atoms with van der Waals surface area (Å²) in [5.41, 5.74) is 8.01. The maximum Gasteiger partial charge on any atom is 0.0440 e. The van der Waals surface area contributed by atoms with Crippen molar-refractivity contribution in [2.24, 2.45) is 5.73 Å². The predicted octanol–water partition coefficient (Wildman–Crippen LogP) is 2.96. The molecule has 1 rings (SSSR count). The lowest BCUT2D eigenvalue weighted by Crippen LogP contribution is -2.08. The molecular formula is C11H16ClN. The Hall–Kier alpha value is -0.530. The predicted molar refractivity (Wildman–Crippen MR) is 58.3 cm³/mol. The van der Waals surface area contributed by atoms with Crippen LogP contribution in [-0.2, 0) is 6.42 Å². The molecule has 1 atom stereocenters. The molecule has 72 valence electrons. The largest absolute Gasteiger partial charge is 0.330 e. The summed E-state index contributed by atoms with van der Waals surface area (Å²) in [7, 11) is 0. The molecule has 0 spiro atoms. The van der Waals surface area contributed by atoms with Gasteiger partial charge in [0.2, 0.25) is 0 Å². The summed E-state index contributed by atoms with van der Waals surface area (Å²) in [5.74, 6) is 0.392. The first-order chi connectivity index (χ1) is 6.19. The van der Waals surface area contributed by atoms with E-state index < -0.39 is 0 Å². The first-order valence-corrected chi connectivity index (χ1v) is 5.05. The molecule has 0 amide bonds. The van der Waals surface area contributed by atoms with Gasteiger partial charge in [-0.2, -0.15) is 0 Å². The lowest BCUT2D eigenvalue weighted by Gasteiger charge is -2.10. The van der Waals surface area contributed by atoms with E-state index in [4.69, 9.17) is 17.3 Å². The molecule has 2 N–H and O–H groups in total. The molecule has 0 aliphatic heterocycles. The highest BCUT2D eigenvalue weighted by atomic mass is 35.5. The monoisotopic (exact) mass is 197 g/mol. The topological polar surface area (TPSA) is 26.0 Å². The highest BCUT2D eigenvalue weighted by molar-refractivity contribution is 6.31. The van der Waals surface area contributed by atoms with Crippen LogP contribution in [0, 0.1) is 0 Å². The number of hydrogen-bond donors (Lipinski definition) is 1. The van der Waals surface area contributed by atoms with Gasteiger partial charge in [-0.3, -0.25) is 0 Å².